The molecule has 4 rings (SSSR count). The lowest BCUT2D eigenvalue weighted by atomic mass is 10.0. The Morgan fingerprint density at radius 2 is 1.60 bits per heavy atom. The Bertz CT molecular complexity index is 1440. The first-order valence-electron chi connectivity index (χ1n) is 13.7. The van der Waals surface area contributed by atoms with E-state index in [0.29, 0.717) is 25.5 Å². The summed E-state index contributed by atoms with van der Waals surface area (Å²) < 4.78 is 10.3. The maximum Gasteiger partial charge on any atom is 0.247 e. The Kier molecular flexibility index (Phi) is 10.9. The van der Waals surface area contributed by atoms with Crippen LogP contribution in [0.25, 0.3) is 17.2 Å². The molecule has 0 saturated heterocycles. The van der Waals surface area contributed by atoms with E-state index < -0.39 is 6.04 Å². The van der Waals surface area contributed by atoms with E-state index in [1.807, 2.05) is 72.8 Å². The first-order valence-corrected chi connectivity index (χ1v) is 13.7. The van der Waals surface area contributed by atoms with Gasteiger partial charge in [0.05, 0.1) is 13.7 Å². The van der Waals surface area contributed by atoms with Gasteiger partial charge in [-0.15, -0.1) is 0 Å². The molecule has 0 radical (unpaired) electrons. The molecular weight excluding hydrogens is 528 g/mol. The Morgan fingerprint density at radius 3 is 2.24 bits per heavy atom. The van der Waals surface area contributed by atoms with Gasteiger partial charge >= 0.3 is 0 Å². The van der Waals surface area contributed by atoms with Gasteiger partial charge in [-0.05, 0) is 52.1 Å². The Hall–Kier alpha value is -4.82. The van der Waals surface area contributed by atoms with E-state index in [1.165, 1.54) is 6.08 Å². The molecule has 0 bridgehead atoms. The highest BCUT2D eigenvalue weighted by Crippen LogP contribution is 2.22. The number of ether oxygens (including phenoxy) is 2. The van der Waals surface area contributed by atoms with Crippen molar-refractivity contribution in [2.75, 3.05) is 34.4 Å². The Balaban J connectivity index is 1.67. The third kappa shape index (κ3) is 8.34. The van der Waals surface area contributed by atoms with Crippen molar-refractivity contribution < 1.29 is 19.1 Å². The molecule has 216 valence electrons. The van der Waals surface area contributed by atoms with Gasteiger partial charge in [-0.3, -0.25) is 14.6 Å². The van der Waals surface area contributed by atoms with Crippen molar-refractivity contribution >= 4 is 17.9 Å². The molecule has 0 fully saturated rings. The van der Waals surface area contributed by atoms with Gasteiger partial charge in [0.25, 0.3) is 0 Å². The van der Waals surface area contributed by atoms with Gasteiger partial charge in [-0.2, -0.15) is 0 Å². The summed E-state index contributed by atoms with van der Waals surface area (Å²) in [6.07, 6.45) is 8.72. The summed E-state index contributed by atoms with van der Waals surface area (Å²) >= 11 is 0. The number of pyridine rings is 2. The number of methoxy groups -OCH3 is 2. The minimum Gasteiger partial charge on any atom is -0.481 e. The van der Waals surface area contributed by atoms with Gasteiger partial charge in [0.1, 0.15) is 6.04 Å². The second-order valence-corrected chi connectivity index (χ2v) is 9.82. The van der Waals surface area contributed by atoms with E-state index in [2.05, 4.69) is 9.97 Å². The van der Waals surface area contributed by atoms with E-state index in [-0.39, 0.29) is 18.4 Å². The van der Waals surface area contributed by atoms with Crippen LogP contribution in [0.3, 0.4) is 0 Å². The number of amides is 2. The predicted octanol–water partition coefficient (Wildman–Crippen LogP) is 4.91. The molecule has 2 aromatic carbocycles. The quantitative estimate of drug-likeness (QED) is 0.215. The van der Waals surface area contributed by atoms with Crippen LogP contribution in [0.1, 0.15) is 16.7 Å². The SMILES string of the molecule is COCCN(C)C(=O)[C@H](Cc1ccccc1)N(Cc1ccc(-c2ccncc2)cc1)C(=O)/C=C/c1ccc(OC)nc1. The van der Waals surface area contributed by atoms with Crippen molar-refractivity contribution in [1.82, 2.24) is 19.8 Å². The molecule has 0 N–H and O–H groups in total. The largest absolute Gasteiger partial charge is 0.481 e. The van der Waals surface area contributed by atoms with Crippen LogP contribution in [-0.4, -0.2) is 72.0 Å². The second kappa shape index (κ2) is 15.3. The van der Waals surface area contributed by atoms with E-state index in [1.54, 1.807) is 61.8 Å². The van der Waals surface area contributed by atoms with Crippen molar-refractivity contribution in [3.63, 3.8) is 0 Å². The predicted molar refractivity (Wildman–Crippen MR) is 163 cm³/mol. The van der Waals surface area contributed by atoms with Gasteiger partial charge in [-0.25, -0.2) is 4.98 Å². The monoisotopic (exact) mass is 564 g/mol. The van der Waals surface area contributed by atoms with Crippen LogP contribution in [-0.2, 0) is 27.3 Å². The maximum absolute atomic E-state index is 13.9. The topological polar surface area (TPSA) is 84.9 Å². The standard InChI is InChI=1S/C34H36N4O4/c1-37(21-22-41-2)34(40)31(23-26-7-5-4-6-8-26)38(33(39)16-12-27-11-15-32(42-3)36-24-27)25-28-9-13-29(14-10-28)30-17-19-35-20-18-30/h4-20,24,31H,21-23,25H2,1-3H3/b16-12+/t31-/m0/s1. The molecule has 2 aromatic heterocycles. The fourth-order valence-corrected chi connectivity index (χ4v) is 4.52. The highest BCUT2D eigenvalue weighted by Gasteiger charge is 2.31. The van der Waals surface area contributed by atoms with Crippen LogP contribution in [0, 0.1) is 0 Å². The first-order chi connectivity index (χ1) is 20.5. The van der Waals surface area contributed by atoms with Gasteiger partial charge in [0.15, 0.2) is 0 Å². The molecule has 0 unspecified atom stereocenters. The van der Waals surface area contributed by atoms with E-state index in [4.69, 9.17) is 9.47 Å². The molecule has 2 amide bonds. The maximum atomic E-state index is 13.9. The number of carbonyl (C=O) groups is 2. The molecule has 8 nitrogen and oxygen atoms in total. The molecule has 0 aliphatic carbocycles. The normalized spacial score (nSPS) is 11.7. The van der Waals surface area contributed by atoms with Crippen LogP contribution in [0.5, 0.6) is 5.88 Å². The lowest BCUT2D eigenvalue weighted by molar-refractivity contribution is -0.143. The summed E-state index contributed by atoms with van der Waals surface area (Å²) in [6, 6.07) is 24.5. The Morgan fingerprint density at radius 1 is 0.881 bits per heavy atom. The van der Waals surface area contributed by atoms with Crippen LogP contribution in [0.15, 0.2) is 104 Å². The van der Waals surface area contributed by atoms with E-state index >= 15 is 0 Å². The zero-order valence-electron chi connectivity index (χ0n) is 24.2. The highest BCUT2D eigenvalue weighted by atomic mass is 16.5. The summed E-state index contributed by atoms with van der Waals surface area (Å²) in [5, 5.41) is 0. The first kappa shape index (κ1) is 30.1. The second-order valence-electron chi connectivity index (χ2n) is 9.82. The number of hydrogen-bond acceptors (Lipinski definition) is 6. The molecule has 8 heteroatoms. The number of hydrogen-bond donors (Lipinski definition) is 0. The van der Waals surface area contributed by atoms with Crippen molar-refractivity contribution in [3.05, 3.63) is 120 Å². The fourth-order valence-electron chi connectivity index (χ4n) is 4.52. The zero-order chi connectivity index (χ0) is 29.7. The number of rotatable bonds is 13. The molecule has 0 aliphatic heterocycles. The molecule has 0 aliphatic rings. The molecular formula is C34H36N4O4. The minimum absolute atomic E-state index is 0.155. The summed E-state index contributed by atoms with van der Waals surface area (Å²) in [5.74, 6) is 0.0542. The number of carbonyl (C=O) groups excluding carboxylic acids is 2. The molecule has 4 aromatic rings. The van der Waals surface area contributed by atoms with E-state index in [9.17, 15) is 9.59 Å². The van der Waals surface area contributed by atoms with Crippen LogP contribution < -0.4 is 4.74 Å². The van der Waals surface area contributed by atoms with Gasteiger partial charge in [0, 0.05) is 64.4 Å². The molecule has 0 spiro atoms. The van der Waals surface area contributed by atoms with Crippen molar-refractivity contribution in [2.45, 2.75) is 19.0 Å². The zero-order valence-corrected chi connectivity index (χ0v) is 24.2. The van der Waals surface area contributed by atoms with Crippen LogP contribution >= 0.6 is 0 Å². The molecule has 0 saturated carbocycles. The average Bonchev–Trinajstić information content (AvgIpc) is 3.05. The number of likely N-dealkylation sites (N-methyl/N-ethyl adjacent to an activating group) is 1. The third-order valence-corrected chi connectivity index (χ3v) is 6.93. The smallest absolute Gasteiger partial charge is 0.247 e. The number of aromatic nitrogens is 2. The van der Waals surface area contributed by atoms with Crippen molar-refractivity contribution in [3.8, 4) is 17.0 Å². The third-order valence-electron chi connectivity index (χ3n) is 6.93. The van der Waals surface area contributed by atoms with Crippen LogP contribution in [0.4, 0.5) is 0 Å². The van der Waals surface area contributed by atoms with Crippen molar-refractivity contribution in [1.29, 1.82) is 0 Å². The minimum atomic E-state index is -0.736. The van der Waals surface area contributed by atoms with Crippen molar-refractivity contribution in [2.24, 2.45) is 0 Å². The molecule has 1 atom stereocenters. The van der Waals surface area contributed by atoms with E-state index in [0.717, 1.165) is 27.8 Å². The summed E-state index contributed by atoms with van der Waals surface area (Å²) in [5.41, 5.74) is 4.71. The summed E-state index contributed by atoms with van der Waals surface area (Å²) in [6.45, 7) is 1.06. The number of benzene rings is 2. The summed E-state index contributed by atoms with van der Waals surface area (Å²) in [4.78, 5) is 39.4. The van der Waals surface area contributed by atoms with Gasteiger partial charge < -0.3 is 19.3 Å². The molecule has 42 heavy (non-hydrogen) atoms. The Labute approximate surface area is 247 Å². The molecule has 2 heterocycles. The summed E-state index contributed by atoms with van der Waals surface area (Å²) in [7, 11) is 4.89. The lowest BCUT2D eigenvalue weighted by Gasteiger charge is -2.33. The fraction of sp³-hybridized carbons (Fsp3) is 0.235. The van der Waals surface area contributed by atoms with Gasteiger partial charge in [-0.1, -0.05) is 54.6 Å². The lowest BCUT2D eigenvalue weighted by Crippen LogP contribution is -2.51. The van der Waals surface area contributed by atoms with Gasteiger partial charge in [0.2, 0.25) is 17.7 Å². The average molecular weight is 565 g/mol. The van der Waals surface area contributed by atoms with Crippen LogP contribution in [0.2, 0.25) is 0 Å². The highest BCUT2D eigenvalue weighted by molar-refractivity contribution is 5.95. The number of nitrogens with zero attached hydrogens (tertiary/aromatic N) is 4.